The summed E-state index contributed by atoms with van der Waals surface area (Å²) in [6, 6.07) is 16.3. The number of nitrogens with zero attached hydrogens (tertiary/aromatic N) is 3. The van der Waals surface area contributed by atoms with Gasteiger partial charge in [-0.25, -0.2) is 14.4 Å². The Balaban J connectivity index is 1.42. The molecule has 2 aliphatic carbocycles. The Hall–Kier alpha value is -3.03. The lowest BCUT2D eigenvalue weighted by Crippen LogP contribution is -2.51. The molecule has 0 saturated heterocycles. The number of hydrogen-bond acceptors (Lipinski definition) is 6. The lowest BCUT2D eigenvalue weighted by atomic mass is 9.91. The molecule has 2 aromatic rings. The summed E-state index contributed by atoms with van der Waals surface area (Å²) in [7, 11) is 0. The summed E-state index contributed by atoms with van der Waals surface area (Å²) in [5, 5.41) is 25.0. The minimum absolute atomic E-state index is 0.0230. The molecule has 0 spiro atoms. The van der Waals surface area contributed by atoms with E-state index in [4.69, 9.17) is 4.99 Å². The average Bonchev–Trinajstić information content (AvgIpc) is 3.39. The van der Waals surface area contributed by atoms with Crippen molar-refractivity contribution in [1.29, 1.82) is 0 Å². The average molecular weight is 432 g/mol. The lowest BCUT2D eigenvalue weighted by Gasteiger charge is -2.37. The van der Waals surface area contributed by atoms with Crippen molar-refractivity contribution < 1.29 is 14.6 Å². The zero-order valence-corrected chi connectivity index (χ0v) is 17.6. The molecule has 0 amide bonds. The summed E-state index contributed by atoms with van der Waals surface area (Å²) in [5.74, 6) is 0.486. The van der Waals surface area contributed by atoms with Gasteiger partial charge in [0.05, 0.1) is 17.6 Å². The van der Waals surface area contributed by atoms with Crippen molar-refractivity contribution in [3.05, 3.63) is 72.2 Å². The second-order valence-electron chi connectivity index (χ2n) is 9.26. The van der Waals surface area contributed by atoms with Crippen LogP contribution in [0.5, 0.6) is 0 Å². The van der Waals surface area contributed by atoms with Crippen molar-refractivity contribution >= 4 is 23.4 Å². The van der Waals surface area contributed by atoms with Gasteiger partial charge in [-0.2, -0.15) is 0 Å². The molecule has 0 aromatic heterocycles. The van der Waals surface area contributed by atoms with E-state index in [0.717, 1.165) is 29.1 Å². The highest BCUT2D eigenvalue weighted by Crippen LogP contribution is 2.64. The van der Waals surface area contributed by atoms with E-state index in [2.05, 4.69) is 15.2 Å². The van der Waals surface area contributed by atoms with E-state index in [1.807, 2.05) is 43.5 Å². The van der Waals surface area contributed by atoms with Gasteiger partial charge in [-0.3, -0.25) is 0 Å². The highest BCUT2D eigenvalue weighted by atomic mass is 19.1. The van der Waals surface area contributed by atoms with Crippen LogP contribution in [0.4, 0.5) is 10.1 Å². The number of anilines is 1. The molecule has 0 bridgehead atoms. The summed E-state index contributed by atoms with van der Waals surface area (Å²) in [6.07, 6.45) is 2.54. The lowest BCUT2D eigenvalue weighted by molar-refractivity contribution is -0.0324. The van der Waals surface area contributed by atoms with Gasteiger partial charge in [0.25, 0.3) is 0 Å². The van der Waals surface area contributed by atoms with Crippen LogP contribution in [0.3, 0.4) is 0 Å². The molecule has 7 atom stereocenters. The van der Waals surface area contributed by atoms with Crippen LogP contribution in [-0.4, -0.2) is 51.2 Å². The van der Waals surface area contributed by atoms with Crippen molar-refractivity contribution in [3.8, 4) is 0 Å². The number of aliphatic hydroxyl groups excluding tert-OH is 2. The van der Waals surface area contributed by atoms with Gasteiger partial charge in [0.2, 0.25) is 0 Å². The fourth-order valence-electron chi connectivity index (χ4n) is 5.91. The molecular weight excluding hydrogens is 407 g/mol. The Bertz CT molecular complexity index is 1130. The zero-order valence-electron chi connectivity index (χ0n) is 17.6. The maximum atomic E-state index is 13.6. The van der Waals surface area contributed by atoms with Crippen LogP contribution in [0, 0.1) is 23.6 Å². The Morgan fingerprint density at radius 3 is 2.53 bits per heavy atom. The molecule has 2 aliphatic heterocycles. The first-order valence-electron chi connectivity index (χ1n) is 11.0. The largest absolute Gasteiger partial charge is 0.390 e. The predicted molar refractivity (Wildman–Crippen MR) is 122 cm³/mol. The monoisotopic (exact) mass is 432 g/mol. The standard InChI is InChI=1S/C25H25FN4O2/c1-14-19-11-25(19,22(32)21(14)31)30-12-18(15-7-9-16(26)10-8-15)20-23(27-13-28-24(20)30)29-17-5-3-2-4-6-17/h2-10,12-14,19-22,24,31-32H,11H2,1H3,(H,27,28,29)/t14-,19-,20?,21?,22?,24?,25+/m0/s1. The second-order valence-corrected chi connectivity index (χ2v) is 9.26. The third-order valence-corrected chi connectivity index (χ3v) is 7.65. The number of fused-ring (bicyclic) bond motifs is 2. The predicted octanol–water partition coefficient (Wildman–Crippen LogP) is 3.11. The number of amidine groups is 1. The maximum Gasteiger partial charge on any atom is 0.137 e. The van der Waals surface area contributed by atoms with Gasteiger partial charge in [0.15, 0.2) is 0 Å². The van der Waals surface area contributed by atoms with Crippen LogP contribution in [0.15, 0.2) is 70.8 Å². The first-order valence-corrected chi connectivity index (χ1v) is 11.0. The molecule has 4 aliphatic rings. The summed E-state index contributed by atoms with van der Waals surface area (Å²) in [5.41, 5.74) is 2.24. The van der Waals surface area contributed by atoms with Crippen LogP contribution >= 0.6 is 0 Å². The van der Waals surface area contributed by atoms with Gasteiger partial charge < -0.3 is 20.4 Å². The minimum Gasteiger partial charge on any atom is -0.390 e. The number of rotatable bonds is 3. The Kier molecular flexibility index (Phi) is 4.29. The van der Waals surface area contributed by atoms with Crippen LogP contribution < -0.4 is 5.32 Å². The summed E-state index contributed by atoms with van der Waals surface area (Å²) >= 11 is 0. The van der Waals surface area contributed by atoms with Crippen molar-refractivity contribution in [2.45, 2.75) is 37.3 Å². The summed E-state index contributed by atoms with van der Waals surface area (Å²) < 4.78 is 13.6. The highest BCUT2D eigenvalue weighted by Gasteiger charge is 2.74. The van der Waals surface area contributed by atoms with E-state index in [9.17, 15) is 14.6 Å². The normalized spacial score (nSPS) is 36.9. The first-order chi connectivity index (χ1) is 15.5. The van der Waals surface area contributed by atoms with E-state index in [1.54, 1.807) is 18.5 Å². The molecule has 4 unspecified atom stereocenters. The molecule has 6 nitrogen and oxygen atoms in total. The molecule has 6 rings (SSSR count). The number of aliphatic imine (C=N–C) groups is 2. The minimum atomic E-state index is -0.841. The van der Waals surface area contributed by atoms with Crippen LogP contribution in [0.1, 0.15) is 18.9 Å². The van der Waals surface area contributed by atoms with Crippen LogP contribution in [-0.2, 0) is 0 Å². The molecule has 2 saturated carbocycles. The Morgan fingerprint density at radius 2 is 1.84 bits per heavy atom. The zero-order chi connectivity index (χ0) is 22.0. The molecule has 7 heteroatoms. The second kappa shape index (κ2) is 6.98. The smallest absolute Gasteiger partial charge is 0.137 e. The Morgan fingerprint density at radius 1 is 1.09 bits per heavy atom. The highest BCUT2D eigenvalue weighted by molar-refractivity contribution is 6.09. The molecular formula is C25H25FN4O2. The number of hydrogen-bond donors (Lipinski definition) is 3. The maximum absolute atomic E-state index is 13.6. The van der Waals surface area contributed by atoms with Crippen LogP contribution in [0.2, 0.25) is 0 Å². The molecule has 32 heavy (non-hydrogen) atoms. The molecule has 3 N–H and O–H groups in total. The van der Waals surface area contributed by atoms with Crippen molar-refractivity contribution in [2.24, 2.45) is 27.7 Å². The number of aliphatic hydroxyl groups is 2. The molecule has 2 heterocycles. The molecule has 2 aromatic carbocycles. The molecule has 164 valence electrons. The van der Waals surface area contributed by atoms with Gasteiger partial charge in [-0.05, 0) is 53.7 Å². The van der Waals surface area contributed by atoms with Crippen molar-refractivity contribution in [1.82, 2.24) is 4.90 Å². The van der Waals surface area contributed by atoms with Gasteiger partial charge >= 0.3 is 0 Å². The number of para-hydroxylation sites is 1. The SMILES string of the molecule is C[C@@H]1C(O)C(O)[C@@]2(N3C=C(c4ccc(F)cc4)C4C(Nc5ccccc5)=NC=NC43)C[C@@H]12. The van der Waals surface area contributed by atoms with Crippen molar-refractivity contribution in [3.63, 3.8) is 0 Å². The Labute approximate surface area is 185 Å². The van der Waals surface area contributed by atoms with Gasteiger partial charge in [-0.1, -0.05) is 37.3 Å². The van der Waals surface area contributed by atoms with E-state index < -0.39 is 17.7 Å². The summed E-state index contributed by atoms with van der Waals surface area (Å²) in [6.45, 7) is 2.00. The topological polar surface area (TPSA) is 80.5 Å². The summed E-state index contributed by atoms with van der Waals surface area (Å²) in [4.78, 5) is 11.4. The number of benzene rings is 2. The van der Waals surface area contributed by atoms with Gasteiger partial charge in [-0.15, -0.1) is 0 Å². The first kappa shape index (κ1) is 19.6. The van der Waals surface area contributed by atoms with E-state index in [1.165, 1.54) is 12.1 Å². The van der Waals surface area contributed by atoms with Gasteiger partial charge in [0.1, 0.15) is 30.3 Å². The third-order valence-electron chi connectivity index (χ3n) is 7.65. The van der Waals surface area contributed by atoms with Gasteiger partial charge in [0, 0.05) is 11.9 Å². The molecule has 2 fully saturated rings. The number of halogens is 1. The third kappa shape index (κ3) is 2.71. The molecule has 0 radical (unpaired) electrons. The van der Waals surface area contributed by atoms with Crippen molar-refractivity contribution in [2.75, 3.05) is 5.32 Å². The van der Waals surface area contributed by atoms with E-state index >= 15 is 0 Å². The quantitative estimate of drug-likeness (QED) is 0.696. The number of nitrogens with one attached hydrogen (secondary N) is 1. The van der Waals surface area contributed by atoms with E-state index in [-0.39, 0.29) is 29.7 Å². The van der Waals surface area contributed by atoms with Crippen LogP contribution in [0.25, 0.3) is 5.57 Å². The fourth-order valence-corrected chi connectivity index (χ4v) is 5.91. The fraction of sp³-hybridized carbons (Fsp3) is 0.360. The van der Waals surface area contributed by atoms with E-state index in [0.29, 0.717) is 0 Å².